The van der Waals surface area contributed by atoms with Crippen molar-refractivity contribution in [2.24, 2.45) is 4.99 Å². The Balaban J connectivity index is 0.000000429. The number of phenolic OH excluding ortho intramolecular Hbond substituents is 2. The summed E-state index contributed by atoms with van der Waals surface area (Å²) >= 11 is 0. The minimum atomic E-state index is -4.77. The summed E-state index contributed by atoms with van der Waals surface area (Å²) in [7, 11) is -4.77. The van der Waals surface area contributed by atoms with Gasteiger partial charge in [-0.2, -0.15) is 0 Å². The third-order valence-electron chi connectivity index (χ3n) is 6.00. The van der Waals surface area contributed by atoms with Crippen LogP contribution in [0.4, 0.5) is 5.69 Å². The highest BCUT2D eigenvalue weighted by atomic mass is 32.2. The molecule has 0 bridgehead atoms. The fourth-order valence-electron chi connectivity index (χ4n) is 3.95. The number of nitrogens with zero attached hydrogens (tertiary/aromatic N) is 1. The van der Waals surface area contributed by atoms with Gasteiger partial charge in [0.2, 0.25) is 0 Å². The Morgan fingerprint density at radius 2 is 1.40 bits per heavy atom. The van der Waals surface area contributed by atoms with Gasteiger partial charge < -0.3 is 19.7 Å². The number of aromatic hydroxyl groups is 2. The number of phenols is 2. The normalized spacial score (nSPS) is 11.8. The Bertz CT molecular complexity index is 1460. The van der Waals surface area contributed by atoms with Crippen LogP contribution < -0.4 is 4.90 Å². The molecule has 0 saturated carbocycles. The molecule has 0 atom stereocenters. The van der Waals surface area contributed by atoms with Gasteiger partial charge in [-0.25, -0.2) is 8.42 Å². The van der Waals surface area contributed by atoms with Crippen LogP contribution in [0.15, 0.2) is 76.6 Å². The third-order valence-corrected chi connectivity index (χ3v) is 6.87. The van der Waals surface area contributed by atoms with E-state index in [9.17, 15) is 23.2 Å². The zero-order valence-electron chi connectivity index (χ0n) is 20.0. The molecule has 35 heavy (non-hydrogen) atoms. The molecule has 8 heteroatoms. The number of nitrogens with one attached hydrogen (secondary N) is 1. The lowest BCUT2D eigenvalue weighted by Gasteiger charge is -2.13. The summed E-state index contributed by atoms with van der Waals surface area (Å²) in [6, 6.07) is 18.0. The Morgan fingerprint density at radius 3 is 1.97 bits per heavy atom. The van der Waals surface area contributed by atoms with Gasteiger partial charge in [0.05, 0.1) is 24.5 Å². The first-order valence-electron chi connectivity index (χ1n) is 11.5. The highest BCUT2D eigenvalue weighted by molar-refractivity contribution is 7.86. The van der Waals surface area contributed by atoms with E-state index >= 15 is 0 Å². The number of rotatable bonds is 6. The molecule has 0 fully saturated rings. The number of hydrogen-bond donors (Lipinski definition) is 3. The zero-order chi connectivity index (χ0) is 25.6. The summed E-state index contributed by atoms with van der Waals surface area (Å²) in [5, 5.41) is 22.7. The number of aliphatic imine (C=N–C) groups is 1. The van der Waals surface area contributed by atoms with Gasteiger partial charge in [-0.15, -0.1) is 0 Å². The molecule has 0 heterocycles. The molecule has 3 N–H and O–H groups in total. The topological polar surface area (TPSA) is 114 Å². The molecular weight excluding hydrogens is 464 g/mol. The van der Waals surface area contributed by atoms with Crippen LogP contribution in [0, 0.1) is 0 Å². The molecule has 0 amide bonds. The lowest BCUT2D eigenvalue weighted by atomic mass is 10.0. The van der Waals surface area contributed by atoms with E-state index in [1.807, 2.05) is 24.3 Å². The lowest BCUT2D eigenvalue weighted by molar-refractivity contribution is -0.894. The van der Waals surface area contributed by atoms with Gasteiger partial charge >= 0.3 is 0 Å². The largest absolute Gasteiger partial charge is 0.744 e. The minimum absolute atomic E-state index is 0.0185. The van der Waals surface area contributed by atoms with E-state index in [2.05, 4.69) is 25.8 Å². The fourth-order valence-corrected chi connectivity index (χ4v) is 4.66. The first-order chi connectivity index (χ1) is 16.7. The quantitative estimate of drug-likeness (QED) is 0.277. The van der Waals surface area contributed by atoms with Crippen molar-refractivity contribution < 1.29 is 28.1 Å². The summed E-state index contributed by atoms with van der Waals surface area (Å²) in [5.41, 5.74) is 0.567. The number of fused-ring (bicyclic) bond motifs is 2. The van der Waals surface area contributed by atoms with Crippen LogP contribution >= 0.6 is 0 Å². The average molecular weight is 495 g/mol. The number of hydrogen-bond acceptors (Lipinski definition) is 6. The van der Waals surface area contributed by atoms with Crippen LogP contribution in [0.2, 0.25) is 0 Å². The smallest absolute Gasteiger partial charge is 0.143 e. The van der Waals surface area contributed by atoms with E-state index in [-0.39, 0.29) is 16.8 Å². The highest BCUT2D eigenvalue weighted by Gasteiger charge is 2.15. The number of benzene rings is 4. The van der Waals surface area contributed by atoms with E-state index < -0.39 is 20.8 Å². The minimum Gasteiger partial charge on any atom is -0.744 e. The molecule has 0 saturated heterocycles. The first kappa shape index (κ1) is 26.2. The van der Waals surface area contributed by atoms with Crippen molar-refractivity contribution in [3.63, 3.8) is 0 Å². The molecule has 0 aliphatic rings. The van der Waals surface area contributed by atoms with Crippen LogP contribution in [0.25, 0.3) is 21.5 Å². The maximum Gasteiger partial charge on any atom is 0.143 e. The van der Waals surface area contributed by atoms with Crippen molar-refractivity contribution in [3.8, 4) is 11.5 Å². The summed E-state index contributed by atoms with van der Waals surface area (Å²) in [6.07, 6.45) is 1.41. The van der Waals surface area contributed by atoms with Crippen LogP contribution in [0.1, 0.15) is 26.3 Å². The maximum atomic E-state index is 11.5. The molecule has 0 aliphatic carbocycles. The van der Waals surface area contributed by atoms with Gasteiger partial charge in [0.15, 0.2) is 0 Å². The maximum absolute atomic E-state index is 11.5. The number of quaternary nitrogens is 1. The van der Waals surface area contributed by atoms with E-state index in [4.69, 9.17) is 0 Å². The summed E-state index contributed by atoms with van der Waals surface area (Å²) in [5.74, 6) is -0.422. The van der Waals surface area contributed by atoms with Gasteiger partial charge in [-0.3, -0.25) is 4.99 Å². The predicted octanol–water partition coefficient (Wildman–Crippen LogP) is 3.99. The highest BCUT2D eigenvalue weighted by Crippen LogP contribution is 2.39. The molecule has 7 nitrogen and oxygen atoms in total. The van der Waals surface area contributed by atoms with Gasteiger partial charge in [0.1, 0.15) is 27.3 Å². The monoisotopic (exact) mass is 494 g/mol. The molecule has 0 aromatic heterocycles. The van der Waals surface area contributed by atoms with Crippen LogP contribution in [0.5, 0.6) is 11.5 Å². The molecule has 0 spiro atoms. The second-order valence-corrected chi connectivity index (χ2v) is 9.38. The summed E-state index contributed by atoms with van der Waals surface area (Å²) in [6.45, 7) is 10.5. The van der Waals surface area contributed by atoms with Crippen molar-refractivity contribution in [1.29, 1.82) is 0 Å². The molecule has 0 unspecified atom stereocenters. The second kappa shape index (κ2) is 11.3. The van der Waals surface area contributed by atoms with Gasteiger partial charge in [-0.05, 0) is 37.6 Å². The van der Waals surface area contributed by atoms with Crippen LogP contribution in [0.3, 0.4) is 0 Å². The average Bonchev–Trinajstić information content (AvgIpc) is 2.85. The van der Waals surface area contributed by atoms with E-state index in [0.717, 1.165) is 16.8 Å². The SMILES string of the molecule is CC[NH+](CC)CC.O=S(=O)([O-])c1cc(O)c(N=Cc2c(O)ccc3ccccc23)c2ccccc12. The standard InChI is InChI=1S/C21H15NO5S.C6H15N/c23-18-10-9-13-5-1-2-6-14(13)17(18)12-22-21-16-8-4-3-7-15(16)20(11-19(21)24)28(25,26)27;1-4-7(5-2)6-3/h1-12,23-24H,(H,25,26,27);4-6H2,1-3H3. The van der Waals surface area contributed by atoms with E-state index in [1.165, 1.54) is 31.9 Å². The van der Waals surface area contributed by atoms with Crippen molar-refractivity contribution in [2.75, 3.05) is 19.6 Å². The fraction of sp³-hybridized carbons (Fsp3) is 0.222. The van der Waals surface area contributed by atoms with E-state index in [0.29, 0.717) is 10.9 Å². The molecule has 4 aromatic rings. The van der Waals surface area contributed by atoms with Gasteiger partial charge in [-0.1, -0.05) is 54.6 Å². The molecule has 4 rings (SSSR count). The summed E-state index contributed by atoms with van der Waals surface area (Å²) < 4.78 is 34.6. The first-order valence-corrected chi connectivity index (χ1v) is 12.9. The van der Waals surface area contributed by atoms with Crippen molar-refractivity contribution in [3.05, 3.63) is 72.3 Å². The van der Waals surface area contributed by atoms with E-state index in [1.54, 1.807) is 35.2 Å². The molecule has 0 radical (unpaired) electrons. The molecular formula is C27H30N2O5S. The summed E-state index contributed by atoms with van der Waals surface area (Å²) in [4.78, 5) is 5.48. The Morgan fingerprint density at radius 1 is 0.829 bits per heavy atom. The molecule has 184 valence electrons. The van der Waals surface area contributed by atoms with Crippen LogP contribution in [-0.4, -0.2) is 49.0 Å². The van der Waals surface area contributed by atoms with Crippen molar-refractivity contribution in [1.82, 2.24) is 0 Å². The Hall–Kier alpha value is -3.46. The van der Waals surface area contributed by atoms with Gasteiger partial charge in [0.25, 0.3) is 0 Å². The predicted molar refractivity (Wildman–Crippen MR) is 139 cm³/mol. The Labute approximate surface area is 205 Å². The third kappa shape index (κ3) is 5.97. The van der Waals surface area contributed by atoms with Crippen molar-refractivity contribution >= 4 is 43.6 Å². The molecule has 0 aliphatic heterocycles. The lowest BCUT2D eigenvalue weighted by Crippen LogP contribution is -3.11. The van der Waals surface area contributed by atoms with Crippen molar-refractivity contribution in [2.45, 2.75) is 25.7 Å². The second-order valence-electron chi connectivity index (χ2n) is 8.03. The zero-order valence-corrected chi connectivity index (χ0v) is 20.8. The molecule has 4 aromatic carbocycles. The van der Waals surface area contributed by atoms with Crippen LogP contribution in [-0.2, 0) is 10.1 Å². The van der Waals surface area contributed by atoms with Gasteiger partial charge in [0, 0.05) is 28.6 Å². The Kier molecular flexibility index (Phi) is 8.45.